The SMILES string of the molecule is CCC(C(=O)OC)C(O)c1cc(OC)c(OC)c(OC)c1. The molecule has 0 aliphatic heterocycles. The van der Waals surface area contributed by atoms with E-state index in [2.05, 4.69) is 0 Å². The number of aliphatic hydroxyl groups is 1. The number of hydrogen-bond acceptors (Lipinski definition) is 6. The summed E-state index contributed by atoms with van der Waals surface area (Å²) in [7, 11) is 5.78. The molecule has 0 saturated carbocycles. The van der Waals surface area contributed by atoms with Gasteiger partial charge in [0.15, 0.2) is 11.5 Å². The number of methoxy groups -OCH3 is 4. The Labute approximate surface area is 124 Å². The molecule has 0 heterocycles. The second-order valence-corrected chi connectivity index (χ2v) is 4.44. The first-order valence-electron chi connectivity index (χ1n) is 6.59. The quantitative estimate of drug-likeness (QED) is 0.776. The van der Waals surface area contributed by atoms with Gasteiger partial charge in [0.2, 0.25) is 5.75 Å². The Balaban J connectivity index is 3.26. The van der Waals surface area contributed by atoms with Crippen LogP contribution in [0.4, 0.5) is 0 Å². The highest BCUT2D eigenvalue weighted by molar-refractivity contribution is 5.73. The number of esters is 1. The second kappa shape index (κ2) is 7.73. The van der Waals surface area contributed by atoms with Crippen molar-refractivity contribution in [1.29, 1.82) is 0 Å². The Bertz CT molecular complexity index is 460. The fraction of sp³-hybridized carbons (Fsp3) is 0.533. The molecule has 0 spiro atoms. The van der Waals surface area contributed by atoms with E-state index >= 15 is 0 Å². The van der Waals surface area contributed by atoms with Gasteiger partial charge in [0.1, 0.15) is 0 Å². The zero-order valence-corrected chi connectivity index (χ0v) is 13.0. The first-order valence-corrected chi connectivity index (χ1v) is 6.59. The summed E-state index contributed by atoms with van der Waals surface area (Å²) >= 11 is 0. The third-order valence-electron chi connectivity index (χ3n) is 3.35. The molecule has 2 atom stereocenters. The number of ether oxygens (including phenoxy) is 4. The fourth-order valence-corrected chi connectivity index (χ4v) is 2.17. The van der Waals surface area contributed by atoms with Crippen molar-refractivity contribution < 1.29 is 28.8 Å². The third kappa shape index (κ3) is 3.58. The minimum Gasteiger partial charge on any atom is -0.493 e. The molecule has 0 aromatic heterocycles. The minimum atomic E-state index is -1.02. The number of rotatable bonds is 7. The van der Waals surface area contributed by atoms with Gasteiger partial charge < -0.3 is 24.1 Å². The van der Waals surface area contributed by atoms with Crippen molar-refractivity contribution in [1.82, 2.24) is 0 Å². The number of hydrogen-bond donors (Lipinski definition) is 1. The van der Waals surface area contributed by atoms with E-state index < -0.39 is 18.0 Å². The zero-order chi connectivity index (χ0) is 16.0. The molecule has 0 bridgehead atoms. The molecule has 0 fully saturated rings. The molecule has 6 nitrogen and oxygen atoms in total. The van der Waals surface area contributed by atoms with E-state index in [0.29, 0.717) is 29.2 Å². The minimum absolute atomic E-state index is 0.422. The molecule has 0 aliphatic carbocycles. The first kappa shape index (κ1) is 17.1. The maximum Gasteiger partial charge on any atom is 0.311 e. The van der Waals surface area contributed by atoms with Gasteiger partial charge in [-0.1, -0.05) is 6.92 Å². The highest BCUT2D eigenvalue weighted by atomic mass is 16.5. The van der Waals surface area contributed by atoms with Gasteiger partial charge in [-0.05, 0) is 24.1 Å². The predicted octanol–water partition coefficient (Wildman–Crippen LogP) is 1.94. The third-order valence-corrected chi connectivity index (χ3v) is 3.35. The van der Waals surface area contributed by atoms with Crippen LogP contribution in [0.1, 0.15) is 25.0 Å². The Morgan fingerprint density at radius 2 is 1.62 bits per heavy atom. The van der Waals surface area contributed by atoms with Crippen LogP contribution in [0.25, 0.3) is 0 Å². The van der Waals surface area contributed by atoms with Crippen LogP contribution in [0.2, 0.25) is 0 Å². The van der Waals surface area contributed by atoms with Crippen molar-refractivity contribution in [3.05, 3.63) is 17.7 Å². The highest BCUT2D eigenvalue weighted by Crippen LogP contribution is 2.41. The number of carbonyl (C=O) groups is 1. The molecule has 1 rings (SSSR count). The Hall–Kier alpha value is -1.95. The summed E-state index contributed by atoms with van der Waals surface area (Å²) in [6.07, 6.45) is -0.569. The van der Waals surface area contributed by atoms with E-state index in [1.165, 1.54) is 28.4 Å². The van der Waals surface area contributed by atoms with Gasteiger partial charge in [-0.25, -0.2) is 0 Å². The molecular weight excluding hydrogens is 276 g/mol. The van der Waals surface area contributed by atoms with Crippen LogP contribution in [-0.4, -0.2) is 39.5 Å². The van der Waals surface area contributed by atoms with Crippen molar-refractivity contribution in [2.75, 3.05) is 28.4 Å². The van der Waals surface area contributed by atoms with Crippen molar-refractivity contribution in [3.63, 3.8) is 0 Å². The van der Waals surface area contributed by atoms with Crippen LogP contribution in [0, 0.1) is 5.92 Å². The number of carbonyl (C=O) groups excluding carboxylic acids is 1. The molecule has 1 aromatic rings. The summed E-state index contributed by atoms with van der Waals surface area (Å²) in [5.74, 6) is 0.162. The van der Waals surface area contributed by atoms with Gasteiger partial charge in [-0.15, -0.1) is 0 Å². The molecular formula is C15H22O6. The summed E-state index contributed by atoms with van der Waals surface area (Å²) in [4.78, 5) is 11.7. The summed E-state index contributed by atoms with van der Waals surface area (Å²) < 4.78 is 20.4. The molecule has 1 aromatic carbocycles. The van der Waals surface area contributed by atoms with Gasteiger partial charge in [0, 0.05) is 0 Å². The molecule has 21 heavy (non-hydrogen) atoms. The molecule has 2 unspecified atom stereocenters. The van der Waals surface area contributed by atoms with Gasteiger partial charge >= 0.3 is 5.97 Å². The fourth-order valence-electron chi connectivity index (χ4n) is 2.17. The van der Waals surface area contributed by atoms with Crippen LogP contribution in [0.15, 0.2) is 12.1 Å². The van der Waals surface area contributed by atoms with Crippen molar-refractivity contribution >= 4 is 5.97 Å². The average Bonchev–Trinajstić information content (AvgIpc) is 2.53. The summed E-state index contributed by atoms with van der Waals surface area (Å²) in [5.41, 5.74) is 0.502. The van der Waals surface area contributed by atoms with Gasteiger partial charge in [0.05, 0.1) is 40.5 Å². The van der Waals surface area contributed by atoms with Crippen LogP contribution in [0.5, 0.6) is 17.2 Å². The van der Waals surface area contributed by atoms with Crippen molar-refractivity contribution in [2.24, 2.45) is 5.92 Å². The van der Waals surface area contributed by atoms with E-state index in [1.54, 1.807) is 12.1 Å². The lowest BCUT2D eigenvalue weighted by atomic mass is 9.93. The van der Waals surface area contributed by atoms with E-state index in [4.69, 9.17) is 18.9 Å². The summed E-state index contributed by atoms with van der Waals surface area (Å²) in [6, 6.07) is 3.25. The smallest absolute Gasteiger partial charge is 0.311 e. The second-order valence-electron chi connectivity index (χ2n) is 4.44. The predicted molar refractivity (Wildman–Crippen MR) is 76.9 cm³/mol. The van der Waals surface area contributed by atoms with Crippen molar-refractivity contribution in [3.8, 4) is 17.2 Å². The lowest BCUT2D eigenvalue weighted by molar-refractivity contribution is -0.149. The monoisotopic (exact) mass is 298 g/mol. The number of aliphatic hydroxyl groups excluding tert-OH is 1. The lowest BCUT2D eigenvalue weighted by Crippen LogP contribution is -2.23. The molecule has 1 N–H and O–H groups in total. The van der Waals surface area contributed by atoms with Gasteiger partial charge in [-0.2, -0.15) is 0 Å². The van der Waals surface area contributed by atoms with Crippen LogP contribution in [0.3, 0.4) is 0 Å². The molecule has 0 radical (unpaired) electrons. The van der Waals surface area contributed by atoms with Crippen LogP contribution in [-0.2, 0) is 9.53 Å². The van der Waals surface area contributed by atoms with E-state index in [1.807, 2.05) is 6.92 Å². The lowest BCUT2D eigenvalue weighted by Gasteiger charge is -2.21. The van der Waals surface area contributed by atoms with Gasteiger partial charge in [-0.3, -0.25) is 4.79 Å². The Morgan fingerprint density at radius 3 is 1.95 bits per heavy atom. The summed E-state index contributed by atoms with van der Waals surface area (Å²) in [6.45, 7) is 1.81. The molecule has 0 amide bonds. The maximum atomic E-state index is 11.7. The topological polar surface area (TPSA) is 74.2 Å². The Kier molecular flexibility index (Phi) is 6.30. The molecule has 118 valence electrons. The average molecular weight is 298 g/mol. The zero-order valence-electron chi connectivity index (χ0n) is 13.0. The number of benzene rings is 1. The largest absolute Gasteiger partial charge is 0.493 e. The molecule has 6 heteroatoms. The van der Waals surface area contributed by atoms with E-state index in [-0.39, 0.29) is 0 Å². The maximum absolute atomic E-state index is 11.7. The van der Waals surface area contributed by atoms with Crippen molar-refractivity contribution in [2.45, 2.75) is 19.4 Å². The highest BCUT2D eigenvalue weighted by Gasteiger charge is 2.29. The Morgan fingerprint density at radius 1 is 1.10 bits per heavy atom. The van der Waals surface area contributed by atoms with E-state index in [0.717, 1.165) is 0 Å². The summed E-state index contributed by atoms with van der Waals surface area (Å²) in [5, 5.41) is 10.4. The normalized spacial score (nSPS) is 13.2. The molecule has 0 aliphatic rings. The first-order chi connectivity index (χ1) is 10.0. The standard InChI is InChI=1S/C15H22O6/c1-6-10(15(17)21-5)13(16)9-7-11(18-2)14(20-4)12(8-9)19-3/h7-8,10,13,16H,6H2,1-5H3. The van der Waals surface area contributed by atoms with E-state index in [9.17, 15) is 9.90 Å². The van der Waals surface area contributed by atoms with Crippen LogP contribution < -0.4 is 14.2 Å². The molecule has 0 saturated heterocycles. The van der Waals surface area contributed by atoms with Crippen LogP contribution >= 0.6 is 0 Å². The van der Waals surface area contributed by atoms with Gasteiger partial charge in [0.25, 0.3) is 0 Å².